The highest BCUT2D eigenvalue weighted by Gasteiger charge is 2.55. The van der Waals surface area contributed by atoms with E-state index in [4.69, 9.17) is 14.9 Å². The summed E-state index contributed by atoms with van der Waals surface area (Å²) < 4.78 is 55.9. The molecule has 44 heavy (non-hydrogen) atoms. The van der Waals surface area contributed by atoms with Gasteiger partial charge >= 0.3 is 6.18 Å². The minimum atomic E-state index is -5.00. The van der Waals surface area contributed by atoms with Gasteiger partial charge in [0.2, 0.25) is 5.91 Å². The summed E-state index contributed by atoms with van der Waals surface area (Å²) in [7, 11) is 0. The Hall–Kier alpha value is -3.80. The first kappa shape index (κ1) is 30.2. The van der Waals surface area contributed by atoms with E-state index in [0.717, 1.165) is 0 Å². The van der Waals surface area contributed by atoms with E-state index in [0.29, 0.717) is 42.1 Å². The van der Waals surface area contributed by atoms with Crippen molar-refractivity contribution in [3.63, 3.8) is 0 Å². The molecule has 0 saturated carbocycles. The van der Waals surface area contributed by atoms with Crippen molar-refractivity contribution in [2.24, 2.45) is 0 Å². The van der Waals surface area contributed by atoms with Crippen LogP contribution < -0.4 is 20.1 Å². The van der Waals surface area contributed by atoms with E-state index in [1.165, 1.54) is 23.1 Å². The third kappa shape index (κ3) is 5.06. The number of amides is 2. The molecule has 1 fully saturated rings. The standard InChI is InChI=1S/C32H37F3N4O5/c1-4-30-11-5-12-31(42,32(33,34)35)19-7-9-25-20(15-19)22(16-29(2,3)44-25)37-27(41)18-6-8-24-21(14-18)23(10-13-43-24)39(26(40)17-30)28(36)38-30/h6-9,14-15,22-23,42H,4-5,10-13,16-17H2,1-3H3,(H2,36,38)(H,37,41)/t22-,23+,30+,31?/m0/s1. The maximum absolute atomic E-state index is 14.6. The Morgan fingerprint density at radius 2 is 1.84 bits per heavy atom. The summed E-state index contributed by atoms with van der Waals surface area (Å²) in [5.41, 5.74) is -3.96. The topological polar surface area (TPSA) is 124 Å². The molecule has 0 aromatic heterocycles. The monoisotopic (exact) mass is 614 g/mol. The lowest BCUT2D eigenvalue weighted by molar-refractivity contribution is -0.270. The van der Waals surface area contributed by atoms with Crippen LogP contribution in [-0.4, -0.2) is 51.7 Å². The molecule has 2 amide bonds. The van der Waals surface area contributed by atoms with Crippen LogP contribution >= 0.6 is 0 Å². The zero-order valence-electron chi connectivity index (χ0n) is 24.9. The maximum Gasteiger partial charge on any atom is 0.421 e. The number of ether oxygens (including phenoxy) is 2. The zero-order chi connectivity index (χ0) is 31.7. The van der Waals surface area contributed by atoms with E-state index >= 15 is 0 Å². The van der Waals surface area contributed by atoms with Crippen molar-refractivity contribution in [3.05, 3.63) is 58.7 Å². The van der Waals surface area contributed by atoms with Gasteiger partial charge in [-0.15, -0.1) is 0 Å². The molecule has 5 aliphatic heterocycles. The zero-order valence-corrected chi connectivity index (χ0v) is 24.9. The Bertz CT molecular complexity index is 1510. The Kier molecular flexibility index (Phi) is 7.14. The van der Waals surface area contributed by atoms with Gasteiger partial charge in [-0.3, -0.25) is 19.9 Å². The smallest absolute Gasteiger partial charge is 0.421 e. The van der Waals surface area contributed by atoms with E-state index < -0.39 is 47.3 Å². The summed E-state index contributed by atoms with van der Waals surface area (Å²) >= 11 is 0. The second kappa shape index (κ2) is 10.4. The maximum atomic E-state index is 14.6. The van der Waals surface area contributed by atoms with E-state index in [1.54, 1.807) is 18.2 Å². The molecule has 1 unspecified atom stereocenters. The highest BCUT2D eigenvalue weighted by atomic mass is 19.4. The number of halogens is 3. The molecule has 0 aliphatic carbocycles. The third-order valence-electron chi connectivity index (χ3n) is 9.56. The van der Waals surface area contributed by atoms with E-state index in [2.05, 4.69) is 10.6 Å². The van der Waals surface area contributed by atoms with Crippen molar-refractivity contribution in [3.8, 4) is 11.5 Å². The fraction of sp³-hybridized carbons (Fsp3) is 0.531. The molecule has 7 rings (SSSR count). The first-order chi connectivity index (χ1) is 20.7. The number of aliphatic hydroxyl groups is 1. The summed E-state index contributed by atoms with van der Waals surface area (Å²) in [5.74, 6) is -0.0856. The number of alkyl halides is 3. The lowest BCUT2D eigenvalue weighted by Gasteiger charge is -2.46. The number of carbonyl (C=O) groups excluding carboxylic acids is 2. The van der Waals surface area contributed by atoms with Crippen molar-refractivity contribution in [2.75, 3.05) is 6.61 Å². The van der Waals surface area contributed by atoms with Crippen LogP contribution in [0.15, 0.2) is 36.4 Å². The van der Waals surface area contributed by atoms with Gasteiger partial charge in [0.15, 0.2) is 11.6 Å². The normalized spacial score (nSPS) is 29.9. The fourth-order valence-electron chi connectivity index (χ4n) is 7.13. The van der Waals surface area contributed by atoms with Crippen molar-refractivity contribution < 1.29 is 37.3 Å². The molecular formula is C32H37F3N4O5. The number of benzene rings is 2. The van der Waals surface area contributed by atoms with Gasteiger partial charge < -0.3 is 25.2 Å². The van der Waals surface area contributed by atoms with Crippen LogP contribution in [0.5, 0.6) is 11.5 Å². The second-order valence-corrected chi connectivity index (χ2v) is 13.0. The van der Waals surface area contributed by atoms with Gasteiger partial charge in [-0.1, -0.05) is 13.0 Å². The predicted octanol–water partition coefficient (Wildman–Crippen LogP) is 5.38. The summed E-state index contributed by atoms with van der Waals surface area (Å²) in [6.07, 6.45) is -4.55. The number of nitrogens with zero attached hydrogens (tertiary/aromatic N) is 1. The van der Waals surface area contributed by atoms with E-state index in [-0.39, 0.29) is 48.7 Å². The molecule has 1 saturated heterocycles. The molecule has 4 N–H and O–H groups in total. The number of hydrogen-bond donors (Lipinski definition) is 4. The second-order valence-electron chi connectivity index (χ2n) is 13.0. The molecule has 0 radical (unpaired) electrons. The Morgan fingerprint density at radius 3 is 2.55 bits per heavy atom. The summed E-state index contributed by atoms with van der Waals surface area (Å²) in [5, 5.41) is 26.3. The molecule has 236 valence electrons. The van der Waals surface area contributed by atoms with E-state index in [1.807, 2.05) is 20.8 Å². The van der Waals surface area contributed by atoms with Gasteiger partial charge in [-0.05, 0) is 75.4 Å². The lowest BCUT2D eigenvalue weighted by Crippen LogP contribution is -2.63. The van der Waals surface area contributed by atoms with Crippen molar-refractivity contribution in [2.45, 2.75) is 101 Å². The molecule has 9 nitrogen and oxygen atoms in total. The van der Waals surface area contributed by atoms with Gasteiger partial charge in [-0.25, -0.2) is 0 Å². The molecule has 12 heteroatoms. The highest BCUT2D eigenvalue weighted by Crippen LogP contribution is 2.48. The molecule has 5 aliphatic rings. The van der Waals surface area contributed by atoms with Crippen LogP contribution in [0.3, 0.4) is 0 Å². The first-order valence-corrected chi connectivity index (χ1v) is 15.0. The van der Waals surface area contributed by atoms with Crippen LogP contribution in [0, 0.1) is 5.41 Å². The average molecular weight is 615 g/mol. The summed E-state index contributed by atoms with van der Waals surface area (Å²) in [6, 6.07) is 7.59. The fourth-order valence-corrected chi connectivity index (χ4v) is 7.13. The minimum absolute atomic E-state index is 0.0309. The van der Waals surface area contributed by atoms with Gasteiger partial charge in [0, 0.05) is 35.1 Å². The Morgan fingerprint density at radius 1 is 1.09 bits per heavy atom. The van der Waals surface area contributed by atoms with Gasteiger partial charge in [0.1, 0.15) is 17.1 Å². The van der Waals surface area contributed by atoms with Crippen LogP contribution in [0.4, 0.5) is 13.2 Å². The Balaban J connectivity index is 1.49. The molecular weight excluding hydrogens is 577 g/mol. The SMILES string of the molecule is CC[C@]12CCCC(O)(C(F)(F)F)c3ccc4c(c3)[C@H](CC(C)(C)O4)NC(=O)c3ccc4c(c3)[C@@H](CCO4)N(C(=N)N1)C(=O)C2. The largest absolute Gasteiger partial charge is 0.493 e. The van der Waals surface area contributed by atoms with Crippen LogP contribution in [0.1, 0.15) is 105 Å². The molecule has 6 bridgehead atoms. The summed E-state index contributed by atoms with van der Waals surface area (Å²) in [6.45, 7) is 5.80. The summed E-state index contributed by atoms with van der Waals surface area (Å²) in [4.78, 5) is 28.7. The number of nitrogens with one attached hydrogen (secondary N) is 3. The van der Waals surface area contributed by atoms with Crippen LogP contribution in [0.2, 0.25) is 0 Å². The van der Waals surface area contributed by atoms with Gasteiger partial charge in [0.05, 0.1) is 25.1 Å². The molecule has 5 heterocycles. The number of guanidine groups is 1. The number of hydrogen-bond acceptors (Lipinski definition) is 6. The lowest BCUT2D eigenvalue weighted by atomic mass is 9.79. The molecule has 2 aromatic rings. The van der Waals surface area contributed by atoms with E-state index in [9.17, 15) is 27.9 Å². The van der Waals surface area contributed by atoms with Crippen molar-refractivity contribution >= 4 is 17.8 Å². The molecule has 0 spiro atoms. The molecule has 4 atom stereocenters. The van der Waals surface area contributed by atoms with Crippen molar-refractivity contribution in [1.29, 1.82) is 5.41 Å². The number of fused-ring (bicyclic) bond motifs is 6. The quantitative estimate of drug-likeness (QED) is 0.342. The van der Waals surface area contributed by atoms with Gasteiger partial charge in [0.25, 0.3) is 5.91 Å². The third-order valence-corrected chi connectivity index (χ3v) is 9.56. The number of rotatable bonds is 1. The Labute approximate surface area is 253 Å². The minimum Gasteiger partial charge on any atom is -0.493 e. The van der Waals surface area contributed by atoms with Gasteiger partial charge in [-0.2, -0.15) is 13.2 Å². The molecule has 2 aromatic carbocycles. The van der Waals surface area contributed by atoms with Crippen LogP contribution in [-0.2, 0) is 10.4 Å². The predicted molar refractivity (Wildman–Crippen MR) is 154 cm³/mol. The highest BCUT2D eigenvalue weighted by molar-refractivity contribution is 6.00. The first-order valence-electron chi connectivity index (χ1n) is 15.0. The average Bonchev–Trinajstić information content (AvgIpc) is 2.94. The van der Waals surface area contributed by atoms with Crippen molar-refractivity contribution in [1.82, 2.24) is 15.5 Å². The number of carbonyl (C=O) groups is 2. The van der Waals surface area contributed by atoms with Crippen LogP contribution in [0.25, 0.3) is 0 Å².